The summed E-state index contributed by atoms with van der Waals surface area (Å²) < 4.78 is 0. The molecule has 104 valence electrons. The van der Waals surface area contributed by atoms with E-state index in [0.717, 1.165) is 45.6 Å². The number of hydrogen-bond donors (Lipinski definition) is 0. The number of amides is 1. The standard InChI is InChI=1S/C16H24N2O/c1-2-16(19)18-11-6-10-17(13-14-18)12-9-15-7-4-3-5-8-15/h3-5,7-8H,2,6,9-14H2,1H3. The Hall–Kier alpha value is -1.35. The molecule has 3 nitrogen and oxygen atoms in total. The maximum absolute atomic E-state index is 11.7. The van der Waals surface area contributed by atoms with Gasteiger partial charge in [-0.2, -0.15) is 0 Å². The molecular weight excluding hydrogens is 236 g/mol. The lowest BCUT2D eigenvalue weighted by atomic mass is 10.1. The highest BCUT2D eigenvalue weighted by Crippen LogP contribution is 2.07. The third-order valence-electron chi connectivity index (χ3n) is 3.80. The third-order valence-corrected chi connectivity index (χ3v) is 3.80. The summed E-state index contributed by atoms with van der Waals surface area (Å²) in [4.78, 5) is 16.2. The number of rotatable bonds is 4. The van der Waals surface area contributed by atoms with Crippen molar-refractivity contribution in [2.24, 2.45) is 0 Å². The Kier molecular flexibility index (Phi) is 5.40. The van der Waals surface area contributed by atoms with Gasteiger partial charge in [0.15, 0.2) is 0 Å². The van der Waals surface area contributed by atoms with E-state index < -0.39 is 0 Å². The highest BCUT2D eigenvalue weighted by atomic mass is 16.2. The molecule has 0 spiro atoms. The van der Waals surface area contributed by atoms with Crippen LogP contribution in [0.3, 0.4) is 0 Å². The predicted molar refractivity (Wildman–Crippen MR) is 78.1 cm³/mol. The van der Waals surface area contributed by atoms with Gasteiger partial charge in [-0.1, -0.05) is 37.3 Å². The predicted octanol–water partition coefficient (Wildman–Crippen LogP) is 2.17. The zero-order valence-electron chi connectivity index (χ0n) is 11.8. The first kappa shape index (κ1) is 14.1. The van der Waals surface area contributed by atoms with Crippen molar-refractivity contribution in [2.75, 3.05) is 32.7 Å². The monoisotopic (exact) mass is 260 g/mol. The van der Waals surface area contributed by atoms with Gasteiger partial charge in [0, 0.05) is 32.6 Å². The molecule has 1 aliphatic rings. The van der Waals surface area contributed by atoms with Gasteiger partial charge in [0.1, 0.15) is 0 Å². The summed E-state index contributed by atoms with van der Waals surface area (Å²) in [5.74, 6) is 0.296. The van der Waals surface area contributed by atoms with E-state index >= 15 is 0 Å². The summed E-state index contributed by atoms with van der Waals surface area (Å²) in [6.07, 6.45) is 2.83. The number of benzene rings is 1. The molecule has 1 aliphatic heterocycles. The maximum Gasteiger partial charge on any atom is 0.222 e. The van der Waals surface area contributed by atoms with E-state index in [-0.39, 0.29) is 0 Å². The fraction of sp³-hybridized carbons (Fsp3) is 0.562. The Morgan fingerprint density at radius 2 is 1.89 bits per heavy atom. The second-order valence-corrected chi connectivity index (χ2v) is 5.17. The summed E-state index contributed by atoms with van der Waals surface area (Å²) in [6.45, 7) is 6.98. The quantitative estimate of drug-likeness (QED) is 0.828. The van der Waals surface area contributed by atoms with Crippen molar-refractivity contribution in [1.29, 1.82) is 0 Å². The van der Waals surface area contributed by atoms with Crippen molar-refractivity contribution in [1.82, 2.24) is 9.80 Å². The summed E-state index contributed by atoms with van der Waals surface area (Å²) in [5, 5.41) is 0. The lowest BCUT2D eigenvalue weighted by Gasteiger charge is -2.21. The van der Waals surface area contributed by atoms with E-state index in [4.69, 9.17) is 0 Å². The molecule has 0 atom stereocenters. The molecule has 1 aromatic carbocycles. The van der Waals surface area contributed by atoms with E-state index in [1.54, 1.807) is 0 Å². The molecule has 1 fully saturated rings. The molecule has 0 bridgehead atoms. The smallest absolute Gasteiger partial charge is 0.222 e. The minimum Gasteiger partial charge on any atom is -0.341 e. The molecule has 1 heterocycles. The number of carbonyl (C=O) groups is 1. The average Bonchev–Trinajstić information content (AvgIpc) is 2.71. The van der Waals surface area contributed by atoms with Crippen LogP contribution in [0, 0.1) is 0 Å². The first-order valence-electron chi connectivity index (χ1n) is 7.33. The summed E-state index contributed by atoms with van der Waals surface area (Å²) in [7, 11) is 0. The topological polar surface area (TPSA) is 23.6 Å². The van der Waals surface area contributed by atoms with Crippen molar-refractivity contribution in [3.8, 4) is 0 Å². The Balaban J connectivity index is 1.78. The zero-order valence-corrected chi connectivity index (χ0v) is 11.8. The Bertz CT molecular complexity index is 391. The molecular formula is C16H24N2O. The van der Waals surface area contributed by atoms with Crippen LogP contribution >= 0.6 is 0 Å². The first-order valence-corrected chi connectivity index (χ1v) is 7.33. The van der Waals surface area contributed by atoms with Crippen LogP contribution in [0.2, 0.25) is 0 Å². The number of nitrogens with zero attached hydrogens (tertiary/aromatic N) is 2. The number of hydrogen-bond acceptors (Lipinski definition) is 2. The highest BCUT2D eigenvalue weighted by molar-refractivity contribution is 5.75. The van der Waals surface area contributed by atoms with Gasteiger partial charge in [0.25, 0.3) is 0 Å². The molecule has 0 aliphatic carbocycles. The lowest BCUT2D eigenvalue weighted by Crippen LogP contribution is -2.35. The third kappa shape index (κ3) is 4.35. The van der Waals surface area contributed by atoms with Gasteiger partial charge in [0.2, 0.25) is 5.91 Å². The van der Waals surface area contributed by atoms with E-state index in [9.17, 15) is 4.79 Å². The molecule has 1 saturated heterocycles. The van der Waals surface area contributed by atoms with E-state index in [0.29, 0.717) is 12.3 Å². The van der Waals surface area contributed by atoms with E-state index in [2.05, 4.69) is 35.2 Å². The maximum atomic E-state index is 11.7. The molecule has 0 unspecified atom stereocenters. The summed E-state index contributed by atoms with van der Waals surface area (Å²) in [5.41, 5.74) is 1.40. The largest absolute Gasteiger partial charge is 0.341 e. The minimum atomic E-state index is 0.296. The van der Waals surface area contributed by atoms with Crippen molar-refractivity contribution < 1.29 is 4.79 Å². The number of carbonyl (C=O) groups excluding carboxylic acids is 1. The molecule has 1 aromatic rings. The molecule has 19 heavy (non-hydrogen) atoms. The fourth-order valence-corrected chi connectivity index (χ4v) is 2.60. The molecule has 1 amide bonds. The first-order chi connectivity index (χ1) is 9.29. The average molecular weight is 260 g/mol. The SMILES string of the molecule is CCC(=O)N1CCCN(CCc2ccccc2)CC1. The van der Waals surface area contributed by atoms with Crippen LogP contribution in [-0.4, -0.2) is 48.4 Å². The van der Waals surface area contributed by atoms with Gasteiger partial charge < -0.3 is 9.80 Å². The summed E-state index contributed by atoms with van der Waals surface area (Å²) >= 11 is 0. The van der Waals surface area contributed by atoms with Crippen LogP contribution < -0.4 is 0 Å². The van der Waals surface area contributed by atoms with Crippen LogP contribution in [0.1, 0.15) is 25.3 Å². The van der Waals surface area contributed by atoms with Crippen molar-refractivity contribution in [2.45, 2.75) is 26.2 Å². The van der Waals surface area contributed by atoms with Gasteiger partial charge in [-0.15, -0.1) is 0 Å². The Morgan fingerprint density at radius 3 is 2.63 bits per heavy atom. The van der Waals surface area contributed by atoms with E-state index in [1.165, 1.54) is 5.56 Å². The molecule has 2 rings (SSSR count). The molecule has 0 radical (unpaired) electrons. The van der Waals surface area contributed by atoms with Crippen molar-refractivity contribution in [3.63, 3.8) is 0 Å². The fourth-order valence-electron chi connectivity index (χ4n) is 2.60. The minimum absolute atomic E-state index is 0.296. The van der Waals surface area contributed by atoms with Gasteiger partial charge in [-0.25, -0.2) is 0 Å². The Morgan fingerprint density at radius 1 is 1.11 bits per heavy atom. The second-order valence-electron chi connectivity index (χ2n) is 5.17. The normalized spacial score (nSPS) is 17.2. The van der Waals surface area contributed by atoms with Crippen LogP contribution in [-0.2, 0) is 11.2 Å². The summed E-state index contributed by atoms with van der Waals surface area (Å²) in [6, 6.07) is 10.6. The van der Waals surface area contributed by atoms with E-state index in [1.807, 2.05) is 11.8 Å². The Labute approximate surface area is 116 Å². The lowest BCUT2D eigenvalue weighted by molar-refractivity contribution is -0.130. The van der Waals surface area contributed by atoms with Crippen LogP contribution in [0.5, 0.6) is 0 Å². The molecule has 0 aromatic heterocycles. The molecule has 0 saturated carbocycles. The van der Waals surface area contributed by atoms with Crippen LogP contribution in [0.4, 0.5) is 0 Å². The molecule has 3 heteroatoms. The van der Waals surface area contributed by atoms with Gasteiger partial charge in [-0.05, 0) is 24.9 Å². The molecule has 0 N–H and O–H groups in total. The zero-order chi connectivity index (χ0) is 13.5. The van der Waals surface area contributed by atoms with Crippen molar-refractivity contribution in [3.05, 3.63) is 35.9 Å². The van der Waals surface area contributed by atoms with Crippen molar-refractivity contribution >= 4 is 5.91 Å². The van der Waals surface area contributed by atoms with Crippen LogP contribution in [0.25, 0.3) is 0 Å². The highest BCUT2D eigenvalue weighted by Gasteiger charge is 2.17. The van der Waals surface area contributed by atoms with Crippen LogP contribution in [0.15, 0.2) is 30.3 Å². The second kappa shape index (κ2) is 7.29. The van der Waals surface area contributed by atoms with Gasteiger partial charge in [0.05, 0.1) is 0 Å². The van der Waals surface area contributed by atoms with Gasteiger partial charge in [-0.3, -0.25) is 4.79 Å². The van der Waals surface area contributed by atoms with Gasteiger partial charge >= 0.3 is 0 Å².